The maximum atomic E-state index is 5.92. The molecule has 4 heteroatoms. The Morgan fingerprint density at radius 1 is 1.27 bits per heavy atom. The van der Waals surface area contributed by atoms with Crippen LogP contribution in [0.3, 0.4) is 0 Å². The fraction of sp³-hybridized carbons (Fsp3) is 0.909. The van der Waals surface area contributed by atoms with Gasteiger partial charge in [0.2, 0.25) is 0 Å². The summed E-state index contributed by atoms with van der Waals surface area (Å²) in [4.78, 5) is 3.18. The molecule has 3 nitrogen and oxygen atoms in total. The van der Waals surface area contributed by atoms with Gasteiger partial charge >= 0.3 is 0 Å². The molecule has 1 aliphatic heterocycles. The minimum Gasteiger partial charge on any atom is -0.393 e. The summed E-state index contributed by atoms with van der Waals surface area (Å²) in [6, 6.07) is 0. The van der Waals surface area contributed by atoms with E-state index in [1.165, 1.54) is 25.7 Å². The Kier molecular flexibility index (Phi) is 3.59. The van der Waals surface area contributed by atoms with Gasteiger partial charge in [0.05, 0.1) is 18.2 Å². The zero-order valence-electron chi connectivity index (χ0n) is 9.21. The number of nitrogens with zero attached hydrogens (tertiary/aromatic N) is 1. The number of thiocarbonyl (C=S) groups is 1. The first-order valence-corrected chi connectivity index (χ1v) is 6.24. The van der Waals surface area contributed by atoms with Gasteiger partial charge in [0.1, 0.15) is 0 Å². The maximum Gasteiger partial charge on any atom is 0.0802 e. The Balaban J connectivity index is 1.96. The second-order valence-electron chi connectivity index (χ2n) is 4.74. The summed E-state index contributed by atoms with van der Waals surface area (Å²) in [7, 11) is 0. The number of nitrogens with two attached hydrogens (primary N) is 1. The van der Waals surface area contributed by atoms with Crippen molar-refractivity contribution in [2.24, 2.45) is 11.1 Å². The van der Waals surface area contributed by atoms with E-state index in [-0.39, 0.29) is 5.41 Å². The van der Waals surface area contributed by atoms with Crippen LogP contribution in [0.15, 0.2) is 0 Å². The molecule has 2 rings (SSSR count). The highest BCUT2D eigenvalue weighted by Gasteiger charge is 2.38. The van der Waals surface area contributed by atoms with Gasteiger partial charge < -0.3 is 10.5 Å². The van der Waals surface area contributed by atoms with Crippen molar-refractivity contribution in [1.29, 1.82) is 0 Å². The normalized spacial score (nSPS) is 26.7. The zero-order valence-corrected chi connectivity index (χ0v) is 10.0. The van der Waals surface area contributed by atoms with Crippen LogP contribution >= 0.6 is 12.2 Å². The van der Waals surface area contributed by atoms with Crippen molar-refractivity contribution in [2.75, 3.05) is 32.8 Å². The van der Waals surface area contributed by atoms with Gasteiger partial charge in [-0.15, -0.1) is 0 Å². The van der Waals surface area contributed by atoms with E-state index in [0.717, 1.165) is 37.8 Å². The third kappa shape index (κ3) is 2.49. The lowest BCUT2D eigenvalue weighted by molar-refractivity contribution is 0.0259. The average Bonchev–Trinajstić information content (AvgIpc) is 2.69. The summed E-state index contributed by atoms with van der Waals surface area (Å²) in [5.74, 6) is 0. The first kappa shape index (κ1) is 11.3. The molecule has 1 saturated heterocycles. The molecule has 0 atom stereocenters. The molecular formula is C11H20N2OS. The molecular weight excluding hydrogens is 208 g/mol. The van der Waals surface area contributed by atoms with E-state index in [0.29, 0.717) is 0 Å². The Bertz CT molecular complexity index is 233. The number of hydrogen-bond donors (Lipinski definition) is 1. The topological polar surface area (TPSA) is 38.5 Å². The van der Waals surface area contributed by atoms with Crippen LogP contribution < -0.4 is 5.73 Å². The Labute approximate surface area is 96.9 Å². The molecule has 2 fully saturated rings. The summed E-state index contributed by atoms with van der Waals surface area (Å²) in [6.07, 6.45) is 4.92. The van der Waals surface area contributed by atoms with Crippen molar-refractivity contribution in [3.05, 3.63) is 0 Å². The molecule has 1 saturated carbocycles. The lowest BCUT2D eigenvalue weighted by atomic mass is 9.85. The van der Waals surface area contributed by atoms with E-state index < -0.39 is 0 Å². The third-order valence-corrected chi connectivity index (χ3v) is 4.15. The Hall–Kier alpha value is -0.190. The molecule has 15 heavy (non-hydrogen) atoms. The molecule has 0 amide bonds. The SMILES string of the molecule is NC(=S)C1(CN2CCOCC2)CCCC1. The molecule has 86 valence electrons. The van der Waals surface area contributed by atoms with Crippen molar-refractivity contribution < 1.29 is 4.74 Å². The van der Waals surface area contributed by atoms with E-state index in [9.17, 15) is 0 Å². The first-order chi connectivity index (χ1) is 7.23. The van der Waals surface area contributed by atoms with Gasteiger partial charge in [-0.2, -0.15) is 0 Å². The summed E-state index contributed by atoms with van der Waals surface area (Å²) in [5.41, 5.74) is 6.06. The largest absolute Gasteiger partial charge is 0.393 e. The van der Waals surface area contributed by atoms with Crippen molar-refractivity contribution in [3.63, 3.8) is 0 Å². The number of ether oxygens (including phenoxy) is 1. The molecule has 0 aromatic heterocycles. The maximum absolute atomic E-state index is 5.92. The molecule has 0 unspecified atom stereocenters. The lowest BCUT2D eigenvalue weighted by Crippen LogP contribution is -2.47. The van der Waals surface area contributed by atoms with Gasteiger partial charge in [-0.25, -0.2) is 0 Å². The van der Waals surface area contributed by atoms with Gasteiger partial charge in [-0.3, -0.25) is 4.90 Å². The van der Waals surface area contributed by atoms with E-state index in [2.05, 4.69) is 4.90 Å². The van der Waals surface area contributed by atoms with Crippen LogP contribution in [0.25, 0.3) is 0 Å². The first-order valence-electron chi connectivity index (χ1n) is 5.83. The number of hydrogen-bond acceptors (Lipinski definition) is 3. The summed E-state index contributed by atoms with van der Waals surface area (Å²) in [6.45, 7) is 4.82. The Morgan fingerprint density at radius 3 is 2.40 bits per heavy atom. The van der Waals surface area contributed by atoms with E-state index in [4.69, 9.17) is 22.7 Å². The van der Waals surface area contributed by atoms with Gasteiger partial charge in [-0.05, 0) is 12.8 Å². The minimum absolute atomic E-state index is 0.132. The van der Waals surface area contributed by atoms with Crippen LogP contribution in [0, 0.1) is 5.41 Å². The van der Waals surface area contributed by atoms with Crippen LogP contribution in [0.5, 0.6) is 0 Å². The lowest BCUT2D eigenvalue weighted by Gasteiger charge is -2.36. The van der Waals surface area contributed by atoms with E-state index >= 15 is 0 Å². The fourth-order valence-electron chi connectivity index (χ4n) is 2.72. The molecule has 1 aliphatic carbocycles. The smallest absolute Gasteiger partial charge is 0.0802 e. The van der Waals surface area contributed by atoms with Gasteiger partial charge in [-0.1, -0.05) is 25.1 Å². The van der Waals surface area contributed by atoms with Crippen LogP contribution in [0.4, 0.5) is 0 Å². The summed E-state index contributed by atoms with van der Waals surface area (Å²) >= 11 is 5.26. The monoisotopic (exact) mass is 228 g/mol. The van der Waals surface area contributed by atoms with Crippen molar-refractivity contribution in [2.45, 2.75) is 25.7 Å². The fourth-order valence-corrected chi connectivity index (χ4v) is 2.99. The second kappa shape index (κ2) is 4.76. The summed E-state index contributed by atoms with van der Waals surface area (Å²) in [5, 5.41) is 0. The molecule has 0 aromatic carbocycles. The predicted octanol–water partition coefficient (Wildman–Crippen LogP) is 1.17. The zero-order chi connectivity index (χ0) is 10.7. The van der Waals surface area contributed by atoms with Crippen LogP contribution in [-0.4, -0.2) is 42.7 Å². The highest BCUT2D eigenvalue weighted by atomic mass is 32.1. The minimum atomic E-state index is 0.132. The molecule has 0 bridgehead atoms. The van der Waals surface area contributed by atoms with Crippen molar-refractivity contribution in [1.82, 2.24) is 4.90 Å². The van der Waals surface area contributed by atoms with Crippen molar-refractivity contribution in [3.8, 4) is 0 Å². The van der Waals surface area contributed by atoms with Crippen LogP contribution in [0.1, 0.15) is 25.7 Å². The van der Waals surface area contributed by atoms with Gasteiger partial charge in [0, 0.05) is 25.0 Å². The van der Waals surface area contributed by atoms with Crippen LogP contribution in [-0.2, 0) is 4.74 Å². The van der Waals surface area contributed by atoms with E-state index in [1.807, 2.05) is 0 Å². The van der Waals surface area contributed by atoms with Gasteiger partial charge in [0.15, 0.2) is 0 Å². The van der Waals surface area contributed by atoms with Crippen molar-refractivity contribution >= 4 is 17.2 Å². The molecule has 0 radical (unpaired) electrons. The van der Waals surface area contributed by atoms with Crippen LogP contribution in [0.2, 0.25) is 0 Å². The predicted molar refractivity (Wildman–Crippen MR) is 64.9 cm³/mol. The third-order valence-electron chi connectivity index (χ3n) is 3.71. The highest BCUT2D eigenvalue weighted by Crippen LogP contribution is 2.39. The Morgan fingerprint density at radius 2 is 1.87 bits per heavy atom. The number of morpholine rings is 1. The molecule has 0 aromatic rings. The second-order valence-corrected chi connectivity index (χ2v) is 5.18. The molecule has 2 N–H and O–H groups in total. The quantitative estimate of drug-likeness (QED) is 0.736. The van der Waals surface area contributed by atoms with Gasteiger partial charge in [0.25, 0.3) is 0 Å². The van der Waals surface area contributed by atoms with E-state index in [1.54, 1.807) is 0 Å². The summed E-state index contributed by atoms with van der Waals surface area (Å²) < 4.78 is 5.35. The number of rotatable bonds is 3. The molecule has 2 aliphatic rings. The highest BCUT2D eigenvalue weighted by molar-refractivity contribution is 7.80. The standard InChI is InChI=1S/C11H20N2OS/c12-10(15)11(3-1-2-4-11)9-13-5-7-14-8-6-13/h1-9H2,(H2,12,15). The molecule has 1 heterocycles. The molecule has 0 spiro atoms. The average molecular weight is 228 g/mol.